The van der Waals surface area contributed by atoms with E-state index >= 15 is 0 Å². The summed E-state index contributed by atoms with van der Waals surface area (Å²) in [6.45, 7) is 4.36. The van der Waals surface area contributed by atoms with Crippen molar-refractivity contribution in [1.29, 1.82) is 5.26 Å². The lowest BCUT2D eigenvalue weighted by molar-refractivity contribution is 0.716. The van der Waals surface area contributed by atoms with Gasteiger partial charge in [0.05, 0.1) is 6.07 Å². The van der Waals surface area contributed by atoms with Crippen molar-refractivity contribution in [1.82, 2.24) is 0 Å². The van der Waals surface area contributed by atoms with Gasteiger partial charge in [0.1, 0.15) is 0 Å². The minimum Gasteiger partial charge on any atom is -0.193 e. The van der Waals surface area contributed by atoms with E-state index in [1.54, 1.807) is 0 Å². The van der Waals surface area contributed by atoms with Gasteiger partial charge in [-0.1, -0.05) is 45.6 Å². The monoisotopic (exact) mass is 179 g/mol. The van der Waals surface area contributed by atoms with Gasteiger partial charge in [-0.15, -0.1) is 0 Å². The Morgan fingerprint density at radius 3 is 2.38 bits per heavy atom. The molecule has 0 fully saturated rings. The first-order valence-corrected chi connectivity index (χ1v) is 5.44. The second-order valence-electron chi connectivity index (χ2n) is 3.44. The third kappa shape index (κ3) is 7.59. The molecule has 0 aliphatic heterocycles. The fourth-order valence-corrected chi connectivity index (χ4v) is 1.25. The second kappa shape index (κ2) is 9.32. The fraction of sp³-hybridized carbons (Fsp3) is 0.750. The van der Waals surface area contributed by atoms with Gasteiger partial charge in [0.15, 0.2) is 0 Å². The topological polar surface area (TPSA) is 23.8 Å². The van der Waals surface area contributed by atoms with Crippen molar-refractivity contribution >= 4 is 0 Å². The van der Waals surface area contributed by atoms with Gasteiger partial charge in [-0.25, -0.2) is 0 Å². The average Bonchev–Trinajstić information content (AvgIpc) is 2.16. The van der Waals surface area contributed by atoms with Crippen LogP contribution in [0.1, 0.15) is 58.8 Å². The lowest BCUT2D eigenvalue weighted by Gasteiger charge is -1.97. The summed E-state index contributed by atoms with van der Waals surface area (Å²) in [5.74, 6) is 0. The molecule has 0 N–H and O–H groups in total. The lowest BCUT2D eigenvalue weighted by atomic mass is 10.1. The van der Waals surface area contributed by atoms with E-state index in [-0.39, 0.29) is 0 Å². The summed E-state index contributed by atoms with van der Waals surface area (Å²) < 4.78 is 0. The predicted octanol–water partition coefficient (Wildman–Crippen LogP) is 4.21. The van der Waals surface area contributed by atoms with Crippen molar-refractivity contribution in [3.8, 4) is 6.07 Å². The summed E-state index contributed by atoms with van der Waals surface area (Å²) in [5.41, 5.74) is 0.988. The van der Waals surface area contributed by atoms with E-state index in [4.69, 9.17) is 5.26 Å². The molecule has 0 aliphatic rings. The van der Waals surface area contributed by atoms with Crippen LogP contribution in [-0.4, -0.2) is 0 Å². The number of unbranched alkanes of at least 4 members (excludes halogenated alkanes) is 4. The number of hydrogen-bond acceptors (Lipinski definition) is 1. The molecule has 0 atom stereocenters. The molecular formula is C12H21N. The molecule has 0 saturated carbocycles. The van der Waals surface area contributed by atoms with Crippen molar-refractivity contribution in [2.24, 2.45) is 0 Å². The standard InChI is InChI=1S/C12H21N/c1-3-5-7-9-12(11-13)10-8-6-4-2/h9H,3-8,10H2,1-2H3/b12-9-. The van der Waals surface area contributed by atoms with E-state index in [0.717, 1.165) is 18.4 Å². The molecule has 0 amide bonds. The molecule has 0 saturated heterocycles. The highest BCUT2D eigenvalue weighted by molar-refractivity contribution is 5.20. The van der Waals surface area contributed by atoms with Gasteiger partial charge >= 0.3 is 0 Å². The first-order valence-electron chi connectivity index (χ1n) is 5.44. The Bertz CT molecular complexity index is 174. The summed E-state index contributed by atoms with van der Waals surface area (Å²) in [6, 6.07) is 2.28. The van der Waals surface area contributed by atoms with Crippen LogP contribution in [0.4, 0.5) is 0 Å². The average molecular weight is 179 g/mol. The van der Waals surface area contributed by atoms with Gasteiger partial charge in [0.2, 0.25) is 0 Å². The van der Waals surface area contributed by atoms with Crippen molar-refractivity contribution in [3.63, 3.8) is 0 Å². The van der Waals surface area contributed by atoms with E-state index in [1.807, 2.05) is 0 Å². The Balaban J connectivity index is 3.62. The van der Waals surface area contributed by atoms with Gasteiger partial charge < -0.3 is 0 Å². The molecule has 1 nitrogen and oxygen atoms in total. The zero-order valence-corrected chi connectivity index (χ0v) is 8.97. The number of nitriles is 1. The van der Waals surface area contributed by atoms with Crippen molar-refractivity contribution in [3.05, 3.63) is 11.6 Å². The quantitative estimate of drug-likeness (QED) is 0.424. The fourth-order valence-electron chi connectivity index (χ4n) is 1.25. The molecule has 0 unspecified atom stereocenters. The SMILES string of the molecule is CCCC/C=C(\C#N)CCCCC. The third-order valence-corrected chi connectivity index (χ3v) is 2.14. The van der Waals surface area contributed by atoms with Gasteiger partial charge in [0, 0.05) is 5.57 Å². The molecule has 0 aromatic rings. The second-order valence-corrected chi connectivity index (χ2v) is 3.44. The Hall–Kier alpha value is -0.770. The van der Waals surface area contributed by atoms with Gasteiger partial charge in [-0.3, -0.25) is 0 Å². The van der Waals surface area contributed by atoms with Crippen LogP contribution in [0, 0.1) is 11.3 Å². The van der Waals surface area contributed by atoms with Crippen LogP contribution in [0.3, 0.4) is 0 Å². The lowest BCUT2D eigenvalue weighted by Crippen LogP contribution is -1.81. The maximum atomic E-state index is 8.81. The first-order chi connectivity index (χ1) is 6.35. The first kappa shape index (κ1) is 12.2. The number of allylic oxidation sites excluding steroid dienone is 2. The van der Waals surface area contributed by atoms with E-state index in [1.165, 1.54) is 32.1 Å². The van der Waals surface area contributed by atoms with Crippen LogP contribution in [0.15, 0.2) is 11.6 Å². The van der Waals surface area contributed by atoms with E-state index in [0.29, 0.717) is 0 Å². The Morgan fingerprint density at radius 1 is 1.15 bits per heavy atom. The molecule has 0 spiro atoms. The molecule has 0 rings (SSSR count). The zero-order chi connectivity index (χ0) is 9.94. The molecule has 74 valence electrons. The minimum atomic E-state index is 0.980. The summed E-state index contributed by atoms with van der Waals surface area (Å²) in [7, 11) is 0. The summed E-state index contributed by atoms with van der Waals surface area (Å²) in [6.07, 6.45) is 10.2. The Morgan fingerprint density at radius 2 is 1.85 bits per heavy atom. The van der Waals surface area contributed by atoms with Crippen LogP contribution in [0.25, 0.3) is 0 Å². The molecule has 0 aromatic heterocycles. The highest BCUT2D eigenvalue weighted by Gasteiger charge is 1.94. The molecule has 0 radical (unpaired) electrons. The van der Waals surface area contributed by atoms with Crippen molar-refractivity contribution in [2.45, 2.75) is 58.8 Å². The molecule has 0 aliphatic carbocycles. The van der Waals surface area contributed by atoms with E-state index in [9.17, 15) is 0 Å². The summed E-state index contributed by atoms with van der Waals surface area (Å²) in [4.78, 5) is 0. The number of hydrogen-bond donors (Lipinski definition) is 0. The number of rotatable bonds is 7. The Kier molecular flexibility index (Phi) is 8.77. The van der Waals surface area contributed by atoms with Crippen LogP contribution in [0.5, 0.6) is 0 Å². The highest BCUT2D eigenvalue weighted by Crippen LogP contribution is 2.09. The van der Waals surface area contributed by atoms with E-state index < -0.39 is 0 Å². The largest absolute Gasteiger partial charge is 0.193 e. The number of nitrogens with zero attached hydrogens (tertiary/aromatic N) is 1. The third-order valence-electron chi connectivity index (χ3n) is 2.14. The van der Waals surface area contributed by atoms with Crippen LogP contribution in [0.2, 0.25) is 0 Å². The molecule has 13 heavy (non-hydrogen) atoms. The van der Waals surface area contributed by atoms with Gasteiger partial charge in [-0.2, -0.15) is 5.26 Å². The molecule has 0 heterocycles. The molecule has 0 bridgehead atoms. The van der Waals surface area contributed by atoms with Crippen molar-refractivity contribution < 1.29 is 0 Å². The zero-order valence-electron chi connectivity index (χ0n) is 8.97. The highest BCUT2D eigenvalue weighted by atomic mass is 14.2. The predicted molar refractivity (Wildman–Crippen MR) is 57.4 cm³/mol. The maximum absolute atomic E-state index is 8.81. The molecule has 0 aromatic carbocycles. The maximum Gasteiger partial charge on any atom is 0.0943 e. The summed E-state index contributed by atoms with van der Waals surface area (Å²) in [5, 5.41) is 8.81. The van der Waals surface area contributed by atoms with Crippen LogP contribution < -0.4 is 0 Å². The van der Waals surface area contributed by atoms with E-state index in [2.05, 4.69) is 26.0 Å². The van der Waals surface area contributed by atoms with Crippen LogP contribution >= 0.6 is 0 Å². The van der Waals surface area contributed by atoms with Crippen LogP contribution in [-0.2, 0) is 0 Å². The minimum absolute atomic E-state index is 0.980. The molecular weight excluding hydrogens is 158 g/mol. The smallest absolute Gasteiger partial charge is 0.0943 e. The summed E-state index contributed by atoms with van der Waals surface area (Å²) >= 11 is 0. The van der Waals surface area contributed by atoms with Crippen molar-refractivity contribution in [2.75, 3.05) is 0 Å². The van der Waals surface area contributed by atoms with Gasteiger partial charge in [0.25, 0.3) is 0 Å². The van der Waals surface area contributed by atoms with Gasteiger partial charge in [-0.05, 0) is 19.3 Å². The molecule has 1 heteroatoms. The Labute approximate surface area is 82.5 Å². The normalized spacial score (nSPS) is 11.3.